The average Bonchev–Trinajstić information content (AvgIpc) is 2.69. The largest absolute Gasteiger partial charge is 0.399 e. The van der Waals surface area contributed by atoms with Gasteiger partial charge in [-0.3, -0.25) is 4.79 Å². The maximum absolute atomic E-state index is 11.9. The number of nitrogens with zero attached hydrogens (tertiary/aromatic N) is 1. The van der Waals surface area contributed by atoms with Crippen molar-refractivity contribution in [1.82, 2.24) is 4.90 Å². The molecule has 2 rings (SSSR count). The minimum Gasteiger partial charge on any atom is -0.399 e. The number of anilines is 1. The second-order valence-electron chi connectivity index (χ2n) is 3.62. The molecule has 3 nitrogen and oxygen atoms in total. The molecular weight excluding hydrogens is 212 g/mol. The van der Waals surface area contributed by atoms with Gasteiger partial charge in [-0.25, -0.2) is 0 Å². The first-order chi connectivity index (χ1) is 6.77. The highest BCUT2D eigenvalue weighted by atomic mass is 35.5. The van der Waals surface area contributed by atoms with E-state index in [0.717, 1.165) is 25.9 Å². The zero-order chi connectivity index (χ0) is 9.97. The first kappa shape index (κ1) is 11.9. The Balaban J connectivity index is 0.00000112. The van der Waals surface area contributed by atoms with Gasteiger partial charge in [0.2, 0.25) is 0 Å². The van der Waals surface area contributed by atoms with Crippen molar-refractivity contribution in [2.24, 2.45) is 0 Å². The van der Waals surface area contributed by atoms with E-state index in [1.54, 1.807) is 12.1 Å². The van der Waals surface area contributed by atoms with Gasteiger partial charge in [0.05, 0.1) is 0 Å². The van der Waals surface area contributed by atoms with Gasteiger partial charge in [0.1, 0.15) is 0 Å². The molecule has 1 fully saturated rings. The number of amides is 1. The summed E-state index contributed by atoms with van der Waals surface area (Å²) in [5, 5.41) is 0. The molecule has 1 amide bonds. The zero-order valence-electron chi connectivity index (χ0n) is 8.48. The predicted molar refractivity (Wildman–Crippen MR) is 63.2 cm³/mol. The number of hydrogen-bond donors (Lipinski definition) is 1. The van der Waals surface area contributed by atoms with Crippen molar-refractivity contribution in [3.63, 3.8) is 0 Å². The fourth-order valence-electron chi connectivity index (χ4n) is 1.77. The summed E-state index contributed by atoms with van der Waals surface area (Å²) in [7, 11) is 0. The molecule has 0 unspecified atom stereocenters. The molecule has 2 N–H and O–H groups in total. The average molecular weight is 227 g/mol. The molecule has 0 spiro atoms. The standard InChI is InChI=1S/C11H14N2O.ClH/c12-10-5-3-4-9(8-10)11(14)13-6-1-2-7-13;/h3-5,8H,1-2,6-7,12H2;1H. The highest BCUT2D eigenvalue weighted by molar-refractivity contribution is 5.95. The Morgan fingerprint density at radius 1 is 1.27 bits per heavy atom. The van der Waals surface area contributed by atoms with E-state index in [2.05, 4.69) is 0 Å². The lowest BCUT2D eigenvalue weighted by Gasteiger charge is -2.15. The van der Waals surface area contributed by atoms with Crippen LogP contribution in [0.25, 0.3) is 0 Å². The van der Waals surface area contributed by atoms with Crippen LogP contribution in [-0.4, -0.2) is 23.9 Å². The van der Waals surface area contributed by atoms with Crippen LogP contribution < -0.4 is 5.73 Å². The third-order valence-corrected chi connectivity index (χ3v) is 2.53. The lowest BCUT2D eigenvalue weighted by molar-refractivity contribution is 0.0793. The van der Waals surface area contributed by atoms with Crippen molar-refractivity contribution in [2.75, 3.05) is 18.8 Å². The van der Waals surface area contributed by atoms with Crippen LogP contribution in [0.3, 0.4) is 0 Å². The minimum atomic E-state index is 0. The second kappa shape index (κ2) is 5.03. The van der Waals surface area contributed by atoms with Crippen LogP contribution in [0.5, 0.6) is 0 Å². The molecule has 0 saturated carbocycles. The van der Waals surface area contributed by atoms with Gasteiger partial charge < -0.3 is 10.6 Å². The normalized spacial score (nSPS) is 14.8. The van der Waals surface area contributed by atoms with Gasteiger partial charge in [0.15, 0.2) is 0 Å². The molecule has 1 heterocycles. The van der Waals surface area contributed by atoms with E-state index < -0.39 is 0 Å². The smallest absolute Gasteiger partial charge is 0.253 e. The lowest BCUT2D eigenvalue weighted by Crippen LogP contribution is -2.27. The number of likely N-dealkylation sites (tertiary alicyclic amines) is 1. The fraction of sp³-hybridized carbons (Fsp3) is 0.364. The summed E-state index contributed by atoms with van der Waals surface area (Å²) < 4.78 is 0. The number of hydrogen-bond acceptors (Lipinski definition) is 2. The Hall–Kier alpha value is -1.22. The maximum atomic E-state index is 11.9. The summed E-state index contributed by atoms with van der Waals surface area (Å²) in [6, 6.07) is 7.16. The van der Waals surface area contributed by atoms with Crippen LogP contribution in [0.15, 0.2) is 24.3 Å². The molecule has 1 saturated heterocycles. The molecule has 0 aliphatic carbocycles. The Morgan fingerprint density at radius 2 is 1.93 bits per heavy atom. The van der Waals surface area contributed by atoms with E-state index in [4.69, 9.17) is 5.73 Å². The monoisotopic (exact) mass is 226 g/mol. The van der Waals surface area contributed by atoms with Gasteiger partial charge in [-0.1, -0.05) is 6.07 Å². The summed E-state index contributed by atoms with van der Waals surface area (Å²) in [6.07, 6.45) is 2.24. The number of carbonyl (C=O) groups is 1. The Morgan fingerprint density at radius 3 is 2.53 bits per heavy atom. The van der Waals surface area contributed by atoms with E-state index in [1.165, 1.54) is 0 Å². The van der Waals surface area contributed by atoms with Crippen molar-refractivity contribution in [2.45, 2.75) is 12.8 Å². The minimum absolute atomic E-state index is 0. The number of benzene rings is 1. The number of halogens is 1. The van der Waals surface area contributed by atoms with Gasteiger partial charge in [-0.2, -0.15) is 0 Å². The first-order valence-corrected chi connectivity index (χ1v) is 4.92. The SMILES string of the molecule is Cl.Nc1cccc(C(=O)N2CCCC2)c1. The molecule has 1 aliphatic rings. The fourth-order valence-corrected chi connectivity index (χ4v) is 1.77. The number of nitrogen functional groups attached to an aromatic ring is 1. The summed E-state index contributed by atoms with van der Waals surface area (Å²) in [4.78, 5) is 13.8. The van der Waals surface area contributed by atoms with Gasteiger partial charge in [0.25, 0.3) is 5.91 Å². The van der Waals surface area contributed by atoms with E-state index in [9.17, 15) is 4.79 Å². The van der Waals surface area contributed by atoms with Gasteiger partial charge >= 0.3 is 0 Å². The highest BCUT2D eigenvalue weighted by Crippen LogP contribution is 2.14. The molecule has 1 aliphatic heterocycles. The predicted octanol–water partition coefficient (Wildman–Crippen LogP) is 1.93. The summed E-state index contributed by atoms with van der Waals surface area (Å²) >= 11 is 0. The molecule has 1 aromatic rings. The molecule has 1 aromatic carbocycles. The number of carbonyl (C=O) groups excluding carboxylic acids is 1. The molecule has 82 valence electrons. The highest BCUT2D eigenvalue weighted by Gasteiger charge is 2.18. The van der Waals surface area contributed by atoms with Crippen LogP contribution in [0, 0.1) is 0 Å². The quantitative estimate of drug-likeness (QED) is 0.744. The Labute approximate surface area is 95.7 Å². The van der Waals surface area contributed by atoms with Gasteiger partial charge in [0, 0.05) is 24.3 Å². The molecular formula is C11H15ClN2O. The zero-order valence-corrected chi connectivity index (χ0v) is 9.30. The van der Waals surface area contributed by atoms with Crippen LogP contribution in [0.4, 0.5) is 5.69 Å². The van der Waals surface area contributed by atoms with Crippen molar-refractivity contribution in [3.05, 3.63) is 29.8 Å². The van der Waals surface area contributed by atoms with Crippen molar-refractivity contribution < 1.29 is 4.79 Å². The van der Waals surface area contributed by atoms with Gasteiger partial charge in [-0.15, -0.1) is 12.4 Å². The van der Waals surface area contributed by atoms with Gasteiger partial charge in [-0.05, 0) is 31.0 Å². The Kier molecular flexibility index (Phi) is 3.97. The number of rotatable bonds is 1. The van der Waals surface area contributed by atoms with Crippen molar-refractivity contribution in [3.8, 4) is 0 Å². The summed E-state index contributed by atoms with van der Waals surface area (Å²) in [5.74, 6) is 0.106. The molecule has 0 bridgehead atoms. The van der Waals surface area contributed by atoms with E-state index >= 15 is 0 Å². The summed E-state index contributed by atoms with van der Waals surface area (Å²) in [6.45, 7) is 1.77. The van der Waals surface area contributed by atoms with Crippen LogP contribution >= 0.6 is 12.4 Å². The molecule has 15 heavy (non-hydrogen) atoms. The van der Waals surface area contributed by atoms with Crippen molar-refractivity contribution in [1.29, 1.82) is 0 Å². The van der Waals surface area contributed by atoms with E-state index in [0.29, 0.717) is 11.3 Å². The van der Waals surface area contributed by atoms with Crippen LogP contribution in [0.1, 0.15) is 23.2 Å². The third-order valence-electron chi connectivity index (χ3n) is 2.53. The molecule has 4 heteroatoms. The number of nitrogens with two attached hydrogens (primary N) is 1. The molecule has 0 atom stereocenters. The molecule has 0 radical (unpaired) electrons. The third kappa shape index (κ3) is 2.63. The lowest BCUT2D eigenvalue weighted by atomic mass is 10.2. The second-order valence-corrected chi connectivity index (χ2v) is 3.62. The summed E-state index contributed by atoms with van der Waals surface area (Å²) in [5.41, 5.74) is 6.97. The van der Waals surface area contributed by atoms with E-state index in [-0.39, 0.29) is 18.3 Å². The van der Waals surface area contributed by atoms with E-state index in [1.807, 2.05) is 17.0 Å². The topological polar surface area (TPSA) is 46.3 Å². The molecule has 0 aromatic heterocycles. The van der Waals surface area contributed by atoms with Crippen LogP contribution in [0.2, 0.25) is 0 Å². The Bertz CT molecular complexity index is 348. The first-order valence-electron chi connectivity index (χ1n) is 4.92. The van der Waals surface area contributed by atoms with Crippen LogP contribution in [-0.2, 0) is 0 Å². The van der Waals surface area contributed by atoms with Crippen molar-refractivity contribution >= 4 is 24.0 Å². The maximum Gasteiger partial charge on any atom is 0.253 e.